The van der Waals surface area contributed by atoms with Crippen molar-refractivity contribution < 1.29 is 28.6 Å². The van der Waals surface area contributed by atoms with Crippen LogP contribution in [0.4, 0.5) is 0 Å². The lowest BCUT2D eigenvalue weighted by atomic mass is 9.95. The van der Waals surface area contributed by atoms with Crippen molar-refractivity contribution >= 4 is 11.9 Å². The predicted octanol–water partition coefficient (Wildman–Crippen LogP) is 2.54. The average Bonchev–Trinajstić information content (AvgIpc) is 3.09. The minimum absolute atomic E-state index is 0.386. The van der Waals surface area contributed by atoms with Crippen LogP contribution >= 0.6 is 0 Å². The molecule has 1 aliphatic heterocycles. The summed E-state index contributed by atoms with van der Waals surface area (Å²) in [7, 11) is 0. The van der Waals surface area contributed by atoms with Gasteiger partial charge in [-0.2, -0.15) is 0 Å². The Morgan fingerprint density at radius 2 is 1.93 bits per heavy atom. The number of aryl methyl sites for hydroxylation is 1. The Morgan fingerprint density at radius 1 is 1.21 bits per heavy atom. The number of rotatable bonds is 7. The number of carbonyl (C=O) groups excluding carboxylic acids is 2. The molecule has 2 fully saturated rings. The molecule has 1 unspecified atom stereocenters. The molecule has 0 aromatic carbocycles. The lowest BCUT2D eigenvalue weighted by Crippen LogP contribution is -2.40. The van der Waals surface area contributed by atoms with E-state index in [1.165, 1.54) is 24.3 Å². The summed E-state index contributed by atoms with van der Waals surface area (Å²) in [6, 6.07) is 2.23. The van der Waals surface area contributed by atoms with Gasteiger partial charge in [0.25, 0.3) is 0 Å². The fourth-order valence-corrected chi connectivity index (χ4v) is 3.68. The fraction of sp³-hybridized carbons (Fsp3) is 0.750. The van der Waals surface area contributed by atoms with Gasteiger partial charge in [0.05, 0.1) is 32.3 Å². The van der Waals surface area contributed by atoms with Gasteiger partial charge in [-0.15, -0.1) is 10.2 Å². The van der Waals surface area contributed by atoms with Gasteiger partial charge >= 0.3 is 11.9 Å². The van der Waals surface area contributed by atoms with Gasteiger partial charge in [0, 0.05) is 18.2 Å². The summed E-state index contributed by atoms with van der Waals surface area (Å²) < 4.78 is 18.2. The van der Waals surface area contributed by atoms with Crippen molar-refractivity contribution in [1.82, 2.24) is 14.8 Å². The molecule has 0 N–H and O–H groups in total. The van der Waals surface area contributed by atoms with Gasteiger partial charge in [-0.1, -0.05) is 26.2 Å². The van der Waals surface area contributed by atoms with Crippen molar-refractivity contribution in [1.29, 1.82) is 0 Å². The zero-order valence-electron chi connectivity index (χ0n) is 17.3. The minimum Gasteiger partial charge on any atom is -0.436 e. The van der Waals surface area contributed by atoms with Crippen LogP contribution < -0.4 is 4.74 Å². The molecule has 1 saturated carbocycles. The van der Waals surface area contributed by atoms with Crippen LogP contribution in [0.2, 0.25) is 0 Å². The molecule has 162 valence electrons. The van der Waals surface area contributed by atoms with Crippen LogP contribution in [0.3, 0.4) is 0 Å². The summed E-state index contributed by atoms with van der Waals surface area (Å²) in [6.07, 6.45) is 6.20. The Balaban J connectivity index is 1.56. The molecular weight excluding hydrogens is 378 g/mol. The van der Waals surface area contributed by atoms with E-state index in [-0.39, 0.29) is 0 Å². The van der Waals surface area contributed by atoms with Crippen LogP contribution in [0, 0.1) is 6.92 Å². The zero-order chi connectivity index (χ0) is 20.6. The normalized spacial score (nSPS) is 19.5. The van der Waals surface area contributed by atoms with Gasteiger partial charge in [0.1, 0.15) is 0 Å². The Bertz CT molecular complexity index is 680. The first-order valence-corrected chi connectivity index (χ1v) is 10.5. The van der Waals surface area contributed by atoms with E-state index >= 15 is 0 Å². The molecule has 0 amide bonds. The average molecular weight is 409 g/mol. The number of aromatic nitrogens is 2. The molecule has 1 aromatic heterocycles. The molecule has 3 rings (SSSR count). The number of ether oxygens (including phenoxy) is 3. The summed E-state index contributed by atoms with van der Waals surface area (Å²) >= 11 is 0. The quantitative estimate of drug-likeness (QED) is 0.385. The van der Waals surface area contributed by atoms with E-state index in [4.69, 9.17) is 19.0 Å². The van der Waals surface area contributed by atoms with Crippen molar-refractivity contribution in [2.45, 2.75) is 71.1 Å². The highest BCUT2D eigenvalue weighted by Crippen LogP contribution is 2.30. The van der Waals surface area contributed by atoms with Gasteiger partial charge < -0.3 is 19.0 Å². The number of carbonyl (C=O) groups is 2. The summed E-state index contributed by atoms with van der Waals surface area (Å²) in [4.78, 5) is 29.2. The Hall–Kier alpha value is -2.13. The van der Waals surface area contributed by atoms with Crippen LogP contribution in [-0.4, -0.2) is 59.4 Å². The third-order valence-electron chi connectivity index (χ3n) is 5.18. The Kier molecular flexibility index (Phi) is 7.88. The summed E-state index contributed by atoms with van der Waals surface area (Å²) in [5.41, 5.74) is 1.01. The number of hydrogen-bond donors (Lipinski definition) is 0. The molecule has 0 radical (unpaired) electrons. The number of morpholine rings is 1. The first-order chi connectivity index (χ1) is 14.1. The monoisotopic (exact) mass is 409 g/mol. The fourth-order valence-electron chi connectivity index (χ4n) is 3.68. The standard InChI is InChI=1S/C20H31N3O6/c1-3-7-18(28-19(24)20(25)29-22-10-12-26-13-11-22)27-17-14-15(2)23(21-17)16-8-5-4-6-9-16/h14,16,18H,3-13H2,1-2H3. The van der Waals surface area contributed by atoms with E-state index in [1.807, 2.05) is 24.6 Å². The predicted molar refractivity (Wildman–Crippen MR) is 103 cm³/mol. The molecule has 1 saturated heterocycles. The maximum absolute atomic E-state index is 12.2. The Labute approximate surface area is 171 Å². The van der Waals surface area contributed by atoms with Gasteiger partial charge in [-0.3, -0.25) is 4.68 Å². The molecule has 0 bridgehead atoms. The molecule has 2 aliphatic rings. The van der Waals surface area contributed by atoms with Crippen molar-refractivity contribution in [3.8, 4) is 5.88 Å². The molecule has 9 nitrogen and oxygen atoms in total. The highest BCUT2D eigenvalue weighted by molar-refractivity contribution is 6.29. The third-order valence-corrected chi connectivity index (χ3v) is 5.18. The van der Waals surface area contributed by atoms with Crippen LogP contribution in [0.1, 0.15) is 63.6 Å². The van der Waals surface area contributed by atoms with Crippen molar-refractivity contribution in [2.24, 2.45) is 0 Å². The van der Waals surface area contributed by atoms with E-state index in [0.29, 0.717) is 44.6 Å². The van der Waals surface area contributed by atoms with Gasteiger partial charge in [0.15, 0.2) is 0 Å². The smallest absolute Gasteiger partial charge is 0.436 e. The van der Waals surface area contributed by atoms with Crippen molar-refractivity contribution in [3.05, 3.63) is 11.8 Å². The van der Waals surface area contributed by atoms with Gasteiger partial charge in [0.2, 0.25) is 12.2 Å². The largest absolute Gasteiger partial charge is 0.436 e. The van der Waals surface area contributed by atoms with Crippen LogP contribution in [0.5, 0.6) is 5.88 Å². The van der Waals surface area contributed by atoms with Crippen molar-refractivity contribution in [2.75, 3.05) is 26.3 Å². The van der Waals surface area contributed by atoms with Gasteiger partial charge in [-0.25, -0.2) is 9.59 Å². The first kappa shape index (κ1) is 21.6. The minimum atomic E-state index is -1.07. The molecule has 29 heavy (non-hydrogen) atoms. The Morgan fingerprint density at radius 3 is 2.62 bits per heavy atom. The molecule has 1 atom stereocenters. The van der Waals surface area contributed by atoms with E-state index in [2.05, 4.69) is 5.10 Å². The molecule has 1 aliphatic carbocycles. The van der Waals surface area contributed by atoms with E-state index < -0.39 is 18.2 Å². The third kappa shape index (κ3) is 6.17. The molecule has 1 aromatic rings. The molecular formula is C20H31N3O6. The second-order valence-electron chi connectivity index (χ2n) is 7.52. The second kappa shape index (κ2) is 10.6. The number of nitrogens with zero attached hydrogens (tertiary/aromatic N) is 3. The number of hydroxylamine groups is 2. The number of hydrogen-bond acceptors (Lipinski definition) is 8. The van der Waals surface area contributed by atoms with E-state index in [1.54, 1.807) is 0 Å². The van der Waals surface area contributed by atoms with Crippen molar-refractivity contribution in [3.63, 3.8) is 0 Å². The SMILES string of the molecule is CCCC(OC(=O)C(=O)ON1CCOCC1)Oc1cc(C)n(C2CCCCC2)n1. The highest BCUT2D eigenvalue weighted by atomic mass is 16.8. The summed E-state index contributed by atoms with van der Waals surface area (Å²) in [5, 5.41) is 5.97. The second-order valence-corrected chi connectivity index (χ2v) is 7.52. The topological polar surface area (TPSA) is 92.1 Å². The first-order valence-electron chi connectivity index (χ1n) is 10.5. The highest BCUT2D eigenvalue weighted by Gasteiger charge is 2.27. The lowest BCUT2D eigenvalue weighted by molar-refractivity contribution is -0.216. The van der Waals surface area contributed by atoms with Crippen LogP contribution in [0.15, 0.2) is 6.07 Å². The van der Waals surface area contributed by atoms with Crippen LogP contribution in [-0.2, 0) is 23.9 Å². The molecule has 2 heterocycles. The summed E-state index contributed by atoms with van der Waals surface area (Å²) in [5.74, 6) is -1.72. The van der Waals surface area contributed by atoms with Crippen LogP contribution in [0.25, 0.3) is 0 Å². The lowest BCUT2D eigenvalue weighted by Gasteiger charge is -2.25. The zero-order valence-corrected chi connectivity index (χ0v) is 17.3. The maximum atomic E-state index is 12.2. The molecule has 0 spiro atoms. The maximum Gasteiger partial charge on any atom is 0.436 e. The van der Waals surface area contributed by atoms with Gasteiger partial charge in [-0.05, 0) is 26.2 Å². The number of esters is 1. The molecule has 9 heteroatoms. The van der Waals surface area contributed by atoms with E-state index in [9.17, 15) is 9.59 Å². The van der Waals surface area contributed by atoms with E-state index in [0.717, 1.165) is 25.0 Å². The summed E-state index contributed by atoms with van der Waals surface area (Å²) in [6.45, 7) is 5.69.